The molecule has 134 valence electrons. The third kappa shape index (κ3) is 3.51. The molecule has 0 fully saturated rings. The first-order chi connectivity index (χ1) is 11.2. The van der Waals surface area contributed by atoms with E-state index in [2.05, 4.69) is 17.1 Å². The highest BCUT2D eigenvalue weighted by Gasteiger charge is 2.30. The van der Waals surface area contributed by atoms with Crippen molar-refractivity contribution in [2.45, 2.75) is 48.0 Å². The molecule has 24 heavy (non-hydrogen) atoms. The van der Waals surface area contributed by atoms with Crippen LogP contribution in [0.4, 0.5) is 17.1 Å². The van der Waals surface area contributed by atoms with E-state index in [1.165, 1.54) is 5.56 Å². The summed E-state index contributed by atoms with van der Waals surface area (Å²) >= 11 is 0. The summed E-state index contributed by atoms with van der Waals surface area (Å²) in [4.78, 5) is 14.9. The zero-order valence-corrected chi connectivity index (χ0v) is 15.9. The molecule has 0 aromatic heterocycles. The third-order valence-electron chi connectivity index (χ3n) is 4.74. The van der Waals surface area contributed by atoms with Crippen LogP contribution in [0.3, 0.4) is 0 Å². The lowest BCUT2D eigenvalue weighted by Crippen LogP contribution is -2.30. The SMILES string of the molecule is CCOCCN1CCc2c(C)c(N)c(C)c(NC(=O)C(C)(C)C)c21. The van der Waals surface area contributed by atoms with E-state index in [0.29, 0.717) is 13.2 Å². The summed E-state index contributed by atoms with van der Waals surface area (Å²) in [6.45, 7) is 15.0. The van der Waals surface area contributed by atoms with Crippen LogP contribution in [0.1, 0.15) is 44.4 Å². The van der Waals surface area contributed by atoms with E-state index in [1.54, 1.807) is 0 Å². The molecule has 1 aromatic carbocycles. The Kier molecular flexibility index (Phi) is 5.43. The minimum absolute atomic E-state index is 0.00714. The molecule has 0 unspecified atom stereocenters. The molecule has 5 nitrogen and oxygen atoms in total. The van der Waals surface area contributed by atoms with Gasteiger partial charge in [0.1, 0.15) is 0 Å². The Morgan fingerprint density at radius 1 is 1.29 bits per heavy atom. The molecule has 1 aromatic rings. The van der Waals surface area contributed by atoms with Crippen molar-refractivity contribution in [3.05, 3.63) is 16.7 Å². The molecule has 0 spiro atoms. The molecule has 5 heteroatoms. The van der Waals surface area contributed by atoms with Crippen molar-refractivity contribution in [2.24, 2.45) is 5.41 Å². The Balaban J connectivity index is 2.44. The van der Waals surface area contributed by atoms with Crippen LogP contribution >= 0.6 is 0 Å². The molecule has 1 aliphatic heterocycles. The fourth-order valence-electron chi connectivity index (χ4n) is 3.09. The predicted molar refractivity (Wildman–Crippen MR) is 101 cm³/mol. The number of carbonyl (C=O) groups excluding carboxylic acids is 1. The van der Waals surface area contributed by atoms with Gasteiger partial charge in [-0.05, 0) is 43.9 Å². The van der Waals surface area contributed by atoms with Gasteiger partial charge in [-0.3, -0.25) is 4.79 Å². The number of ether oxygens (including phenoxy) is 1. The largest absolute Gasteiger partial charge is 0.398 e. The standard InChI is InChI=1S/C19H31N3O2/c1-7-24-11-10-22-9-8-14-12(2)15(20)13(3)16(17(14)22)21-18(23)19(4,5)6/h7-11,20H2,1-6H3,(H,21,23). The molecule has 0 saturated heterocycles. The van der Waals surface area contributed by atoms with Crippen LogP contribution in [0.5, 0.6) is 0 Å². The Hall–Kier alpha value is -1.75. The van der Waals surface area contributed by atoms with Gasteiger partial charge < -0.3 is 20.7 Å². The van der Waals surface area contributed by atoms with E-state index >= 15 is 0 Å². The number of fused-ring (bicyclic) bond motifs is 1. The van der Waals surface area contributed by atoms with Gasteiger partial charge >= 0.3 is 0 Å². The van der Waals surface area contributed by atoms with Crippen LogP contribution < -0.4 is 16.0 Å². The molecule has 1 amide bonds. The second-order valence-corrected chi connectivity index (χ2v) is 7.50. The van der Waals surface area contributed by atoms with E-state index in [1.807, 2.05) is 34.6 Å². The molecule has 0 radical (unpaired) electrons. The Morgan fingerprint density at radius 2 is 1.96 bits per heavy atom. The number of hydrogen-bond acceptors (Lipinski definition) is 4. The van der Waals surface area contributed by atoms with E-state index in [4.69, 9.17) is 10.5 Å². The predicted octanol–water partition coefficient (Wildman–Crippen LogP) is 3.27. The van der Waals surface area contributed by atoms with E-state index < -0.39 is 5.41 Å². The first-order valence-electron chi connectivity index (χ1n) is 8.74. The van der Waals surface area contributed by atoms with Gasteiger partial charge in [-0.2, -0.15) is 0 Å². The van der Waals surface area contributed by atoms with E-state index in [-0.39, 0.29) is 5.91 Å². The summed E-state index contributed by atoms with van der Waals surface area (Å²) in [5.74, 6) is 0.00714. The van der Waals surface area contributed by atoms with Gasteiger partial charge in [0.25, 0.3) is 0 Å². The van der Waals surface area contributed by atoms with Crippen molar-refractivity contribution < 1.29 is 9.53 Å². The van der Waals surface area contributed by atoms with Gasteiger partial charge in [-0.1, -0.05) is 20.8 Å². The van der Waals surface area contributed by atoms with Gasteiger partial charge in [0, 0.05) is 30.8 Å². The van der Waals surface area contributed by atoms with Crippen LogP contribution in [0.25, 0.3) is 0 Å². The van der Waals surface area contributed by atoms with Crippen LogP contribution in [-0.4, -0.2) is 32.2 Å². The first kappa shape index (κ1) is 18.6. The van der Waals surface area contributed by atoms with Gasteiger partial charge in [-0.15, -0.1) is 0 Å². The normalized spacial score (nSPS) is 14.0. The highest BCUT2D eigenvalue weighted by Crippen LogP contribution is 2.43. The topological polar surface area (TPSA) is 67.6 Å². The third-order valence-corrected chi connectivity index (χ3v) is 4.74. The fourth-order valence-corrected chi connectivity index (χ4v) is 3.09. The number of nitrogens with zero attached hydrogens (tertiary/aromatic N) is 1. The minimum atomic E-state index is -0.451. The number of rotatable bonds is 5. The fraction of sp³-hybridized carbons (Fsp3) is 0.632. The van der Waals surface area contributed by atoms with Crippen LogP contribution in [0.2, 0.25) is 0 Å². The maximum absolute atomic E-state index is 12.6. The van der Waals surface area contributed by atoms with Gasteiger partial charge in [0.05, 0.1) is 18.0 Å². The summed E-state index contributed by atoms with van der Waals surface area (Å²) in [5, 5.41) is 3.14. The molecule has 1 aliphatic rings. The lowest BCUT2D eigenvalue weighted by molar-refractivity contribution is -0.123. The van der Waals surface area contributed by atoms with Crippen molar-refractivity contribution in [2.75, 3.05) is 42.3 Å². The molecular formula is C19H31N3O2. The summed E-state index contributed by atoms with van der Waals surface area (Å²) in [6.07, 6.45) is 0.955. The number of carbonyl (C=O) groups is 1. The zero-order chi connectivity index (χ0) is 18.1. The van der Waals surface area contributed by atoms with Crippen LogP contribution in [0.15, 0.2) is 0 Å². The molecule has 2 rings (SSSR count). The second kappa shape index (κ2) is 7.01. The van der Waals surface area contributed by atoms with Crippen molar-refractivity contribution in [1.29, 1.82) is 0 Å². The van der Waals surface area contributed by atoms with Crippen LogP contribution in [-0.2, 0) is 16.0 Å². The van der Waals surface area contributed by atoms with Crippen LogP contribution in [0, 0.1) is 19.3 Å². The Morgan fingerprint density at radius 3 is 2.54 bits per heavy atom. The number of benzene rings is 1. The molecule has 1 heterocycles. The first-order valence-corrected chi connectivity index (χ1v) is 8.74. The smallest absolute Gasteiger partial charge is 0.229 e. The average Bonchev–Trinajstić information content (AvgIpc) is 2.92. The maximum atomic E-state index is 12.6. The maximum Gasteiger partial charge on any atom is 0.229 e. The van der Waals surface area contributed by atoms with E-state index in [0.717, 1.165) is 47.7 Å². The highest BCUT2D eigenvalue weighted by molar-refractivity contribution is 6.01. The number of anilines is 3. The van der Waals surface area contributed by atoms with Crippen molar-refractivity contribution in [3.63, 3.8) is 0 Å². The van der Waals surface area contributed by atoms with Gasteiger partial charge in [0.2, 0.25) is 5.91 Å². The van der Waals surface area contributed by atoms with Crippen molar-refractivity contribution >= 4 is 23.0 Å². The van der Waals surface area contributed by atoms with Gasteiger partial charge in [0.15, 0.2) is 0 Å². The lowest BCUT2D eigenvalue weighted by atomic mass is 9.94. The Bertz CT molecular complexity index is 633. The summed E-state index contributed by atoms with van der Waals surface area (Å²) in [6, 6.07) is 0. The van der Waals surface area contributed by atoms with Crippen molar-refractivity contribution in [1.82, 2.24) is 0 Å². The number of hydrogen-bond donors (Lipinski definition) is 2. The number of nitrogen functional groups attached to an aromatic ring is 1. The molecule has 3 N–H and O–H groups in total. The molecular weight excluding hydrogens is 302 g/mol. The lowest BCUT2D eigenvalue weighted by Gasteiger charge is -2.27. The zero-order valence-electron chi connectivity index (χ0n) is 15.9. The number of nitrogens with two attached hydrogens (primary N) is 1. The van der Waals surface area contributed by atoms with Gasteiger partial charge in [-0.25, -0.2) is 0 Å². The summed E-state index contributed by atoms with van der Waals surface area (Å²) in [5.41, 5.74) is 12.0. The molecule has 0 aliphatic carbocycles. The average molecular weight is 333 g/mol. The Labute approximate surface area is 145 Å². The quantitative estimate of drug-likeness (QED) is 0.641. The monoisotopic (exact) mass is 333 g/mol. The second-order valence-electron chi connectivity index (χ2n) is 7.50. The highest BCUT2D eigenvalue weighted by atomic mass is 16.5. The summed E-state index contributed by atoms with van der Waals surface area (Å²) < 4.78 is 5.52. The van der Waals surface area contributed by atoms with E-state index in [9.17, 15) is 4.79 Å². The minimum Gasteiger partial charge on any atom is -0.398 e. The summed E-state index contributed by atoms with van der Waals surface area (Å²) in [7, 11) is 0. The number of amides is 1. The molecule has 0 atom stereocenters. The van der Waals surface area contributed by atoms with Crippen molar-refractivity contribution in [3.8, 4) is 0 Å². The molecule has 0 bridgehead atoms. The number of nitrogens with one attached hydrogen (secondary N) is 1. The molecule has 0 saturated carbocycles.